The predicted octanol–water partition coefficient (Wildman–Crippen LogP) is 3.61. The van der Waals surface area contributed by atoms with Crippen molar-refractivity contribution < 1.29 is 28.5 Å². The fraction of sp³-hybridized carbons (Fsp3) is 0.400. The van der Waals surface area contributed by atoms with Gasteiger partial charge in [0.05, 0.1) is 49.9 Å². The Hall–Kier alpha value is -4.70. The number of fused-ring (bicyclic) bond motifs is 1. The van der Waals surface area contributed by atoms with E-state index in [2.05, 4.69) is 50.1 Å². The number of likely N-dealkylation sites (tertiary alicyclic amines) is 1. The summed E-state index contributed by atoms with van der Waals surface area (Å²) >= 11 is 0. The van der Waals surface area contributed by atoms with E-state index in [0.717, 1.165) is 78.6 Å². The van der Waals surface area contributed by atoms with Gasteiger partial charge in [-0.3, -0.25) is 14.7 Å². The first-order valence-electron chi connectivity index (χ1n) is 15.9. The molecule has 2 aromatic heterocycles. The number of piperazine rings is 1. The first-order chi connectivity index (χ1) is 22.9. The van der Waals surface area contributed by atoms with Crippen LogP contribution in [0.5, 0.6) is 11.5 Å². The number of nitrogens with zero attached hydrogens (tertiary/aromatic N) is 5. The Labute approximate surface area is 272 Å². The summed E-state index contributed by atoms with van der Waals surface area (Å²) in [7, 11) is 1.70. The molecule has 4 aromatic rings. The zero-order valence-corrected chi connectivity index (χ0v) is 26.2. The van der Waals surface area contributed by atoms with Crippen LogP contribution < -0.4 is 14.4 Å². The third-order valence-corrected chi connectivity index (χ3v) is 9.45. The number of methoxy groups -OCH3 is 1. The summed E-state index contributed by atoms with van der Waals surface area (Å²) in [6.45, 7) is 4.98. The first kappa shape index (κ1) is 30.9. The molecule has 3 aliphatic heterocycles. The molecule has 244 valence electrons. The van der Waals surface area contributed by atoms with E-state index in [9.17, 15) is 14.4 Å². The summed E-state index contributed by atoms with van der Waals surface area (Å²) < 4.78 is 32.1. The number of halogens is 1. The monoisotopic (exact) mass is 640 g/mol. The van der Waals surface area contributed by atoms with E-state index >= 15 is 0 Å². The normalized spacial score (nSPS) is 20.6. The van der Waals surface area contributed by atoms with Crippen LogP contribution in [0.3, 0.4) is 0 Å². The van der Waals surface area contributed by atoms with Gasteiger partial charge < -0.3 is 34.1 Å². The number of pyridine rings is 1. The second-order valence-electron chi connectivity index (χ2n) is 12.2. The van der Waals surface area contributed by atoms with Gasteiger partial charge >= 0.3 is 0 Å². The SMILES string of the molecule is COc1cc(-c2cc3c(-c4ccc(O[C@H]5CCN(C(=O)CO)C[C@H]5F)c(C#N)c4)nccc3[nH]2)ccc1N1CCN(C2COC2)CC1. The van der Waals surface area contributed by atoms with Crippen LogP contribution >= 0.6 is 0 Å². The van der Waals surface area contributed by atoms with Gasteiger partial charge in [0.2, 0.25) is 5.91 Å². The number of aliphatic hydroxyl groups is 1. The van der Waals surface area contributed by atoms with Crippen molar-refractivity contribution >= 4 is 22.5 Å². The molecule has 0 unspecified atom stereocenters. The highest BCUT2D eigenvalue weighted by Gasteiger charge is 2.33. The second kappa shape index (κ2) is 13.2. The zero-order chi connectivity index (χ0) is 32.5. The minimum atomic E-state index is -1.44. The second-order valence-corrected chi connectivity index (χ2v) is 12.2. The summed E-state index contributed by atoms with van der Waals surface area (Å²) in [6, 6.07) is 18.2. The molecular weight excluding hydrogens is 603 g/mol. The maximum atomic E-state index is 14.9. The molecule has 11 nitrogen and oxygen atoms in total. The molecule has 1 amide bonds. The molecule has 12 heteroatoms. The largest absolute Gasteiger partial charge is 0.495 e. The molecule has 0 bridgehead atoms. The molecule has 3 saturated heterocycles. The van der Waals surface area contributed by atoms with Crippen molar-refractivity contribution in [3.63, 3.8) is 0 Å². The molecule has 0 radical (unpaired) electrons. The summed E-state index contributed by atoms with van der Waals surface area (Å²) in [6.07, 6.45) is -0.266. The number of aromatic nitrogens is 2. The first-order valence-corrected chi connectivity index (χ1v) is 15.9. The van der Waals surface area contributed by atoms with E-state index in [0.29, 0.717) is 11.7 Å². The van der Waals surface area contributed by atoms with Gasteiger partial charge in [0.25, 0.3) is 0 Å². The van der Waals surface area contributed by atoms with Crippen molar-refractivity contribution in [2.24, 2.45) is 0 Å². The molecule has 3 aliphatic rings. The molecule has 2 N–H and O–H groups in total. The van der Waals surface area contributed by atoms with Gasteiger partial charge in [-0.05, 0) is 42.5 Å². The van der Waals surface area contributed by atoms with Crippen molar-refractivity contribution in [1.82, 2.24) is 19.8 Å². The maximum absolute atomic E-state index is 14.9. The quantitative estimate of drug-likeness (QED) is 0.297. The van der Waals surface area contributed by atoms with E-state index in [1.165, 1.54) is 4.90 Å². The predicted molar refractivity (Wildman–Crippen MR) is 174 cm³/mol. The summed E-state index contributed by atoms with van der Waals surface area (Å²) in [5.41, 5.74) is 5.55. The number of rotatable bonds is 8. The average Bonchev–Trinajstić information content (AvgIpc) is 3.53. The van der Waals surface area contributed by atoms with Crippen LogP contribution in [-0.2, 0) is 9.53 Å². The summed E-state index contributed by atoms with van der Waals surface area (Å²) in [5, 5.41) is 19.9. The van der Waals surface area contributed by atoms with E-state index < -0.39 is 24.8 Å². The third kappa shape index (κ3) is 6.10. The lowest BCUT2D eigenvalue weighted by molar-refractivity contribution is -0.138. The fourth-order valence-electron chi connectivity index (χ4n) is 6.68. The highest BCUT2D eigenvalue weighted by Crippen LogP contribution is 2.37. The van der Waals surface area contributed by atoms with Gasteiger partial charge in [-0.15, -0.1) is 0 Å². The Balaban J connectivity index is 1.10. The molecule has 47 heavy (non-hydrogen) atoms. The van der Waals surface area contributed by atoms with Crippen molar-refractivity contribution in [2.45, 2.75) is 24.7 Å². The summed E-state index contributed by atoms with van der Waals surface area (Å²) in [5.74, 6) is 0.581. The summed E-state index contributed by atoms with van der Waals surface area (Å²) in [4.78, 5) is 26.1. The Morgan fingerprint density at radius 1 is 1.09 bits per heavy atom. The Morgan fingerprint density at radius 3 is 2.60 bits per heavy atom. The lowest BCUT2D eigenvalue weighted by atomic mass is 10.0. The molecule has 7 rings (SSSR count). The number of hydrogen-bond donors (Lipinski definition) is 2. The number of carbonyl (C=O) groups is 1. The van der Waals surface area contributed by atoms with Gasteiger partial charge in [-0.1, -0.05) is 6.07 Å². The van der Waals surface area contributed by atoms with E-state index in [1.807, 2.05) is 12.1 Å². The number of amides is 1. The Bertz CT molecular complexity index is 1810. The number of alkyl halides is 1. The Morgan fingerprint density at radius 2 is 1.89 bits per heavy atom. The number of nitrogens with one attached hydrogen (secondary N) is 1. The van der Waals surface area contributed by atoms with Crippen LogP contribution in [0.4, 0.5) is 10.1 Å². The highest BCUT2D eigenvalue weighted by molar-refractivity contribution is 5.96. The van der Waals surface area contributed by atoms with Crippen molar-refractivity contribution in [3.05, 3.63) is 60.3 Å². The number of piperidine rings is 1. The lowest BCUT2D eigenvalue weighted by Crippen LogP contribution is -2.56. The van der Waals surface area contributed by atoms with Gasteiger partial charge in [0.1, 0.15) is 30.3 Å². The topological polar surface area (TPSA) is 127 Å². The molecule has 0 aliphatic carbocycles. The Kier molecular flexibility index (Phi) is 8.68. The lowest BCUT2D eigenvalue weighted by Gasteiger charge is -2.43. The molecule has 3 fully saturated rings. The van der Waals surface area contributed by atoms with Gasteiger partial charge in [-0.2, -0.15) is 5.26 Å². The molecule has 0 saturated carbocycles. The minimum absolute atomic E-state index is 0.159. The number of aliphatic hydroxyl groups excluding tert-OH is 1. The van der Waals surface area contributed by atoms with Gasteiger partial charge in [0, 0.05) is 73.1 Å². The van der Waals surface area contributed by atoms with Crippen LogP contribution in [0.1, 0.15) is 12.0 Å². The zero-order valence-electron chi connectivity index (χ0n) is 26.2. The number of aromatic amines is 1. The van der Waals surface area contributed by atoms with Crippen molar-refractivity contribution in [1.29, 1.82) is 5.26 Å². The van der Waals surface area contributed by atoms with Crippen LogP contribution in [0, 0.1) is 11.3 Å². The minimum Gasteiger partial charge on any atom is -0.495 e. The van der Waals surface area contributed by atoms with Gasteiger partial charge in [0.15, 0.2) is 6.17 Å². The number of benzene rings is 2. The third-order valence-electron chi connectivity index (χ3n) is 9.45. The molecule has 2 atom stereocenters. The number of nitriles is 1. The van der Waals surface area contributed by atoms with Crippen molar-refractivity contribution in [2.75, 3.05) is 71.1 Å². The van der Waals surface area contributed by atoms with Crippen LogP contribution in [0.25, 0.3) is 33.4 Å². The van der Waals surface area contributed by atoms with E-state index in [4.69, 9.17) is 19.3 Å². The molecular formula is C35H37FN6O5. The number of carbonyl (C=O) groups excluding carboxylic acids is 1. The molecule has 0 spiro atoms. The number of anilines is 1. The van der Waals surface area contributed by atoms with Crippen LogP contribution in [0.2, 0.25) is 0 Å². The maximum Gasteiger partial charge on any atom is 0.248 e. The van der Waals surface area contributed by atoms with E-state index in [1.54, 1.807) is 25.4 Å². The van der Waals surface area contributed by atoms with Gasteiger partial charge in [-0.25, -0.2) is 4.39 Å². The van der Waals surface area contributed by atoms with Crippen molar-refractivity contribution in [3.8, 4) is 40.1 Å². The number of hydrogen-bond acceptors (Lipinski definition) is 9. The number of H-pyrrole nitrogens is 1. The average molecular weight is 641 g/mol. The highest BCUT2D eigenvalue weighted by atomic mass is 19.1. The fourth-order valence-corrected chi connectivity index (χ4v) is 6.68. The smallest absolute Gasteiger partial charge is 0.248 e. The molecule has 5 heterocycles. The van der Waals surface area contributed by atoms with E-state index in [-0.39, 0.29) is 30.8 Å². The number of ether oxygens (including phenoxy) is 3. The van der Waals surface area contributed by atoms with Crippen LogP contribution in [-0.4, -0.2) is 115 Å². The molecule has 2 aromatic carbocycles. The van der Waals surface area contributed by atoms with Crippen LogP contribution in [0.15, 0.2) is 54.7 Å². The standard InChI is InChI=1S/C35H37FN6O5/c1-45-33-15-22(2-4-30(33)41-12-10-40(11-13-41)25-20-46-21-25)29-16-26-28(39-29)6-8-38-35(26)23-3-5-31(24(14-23)17-37)47-32-7-9-42(18-27(32)36)34(44)19-43/h2-6,8,14-16,25,27,32,39,43H,7,9-13,18-21H2,1H3/t27-,32+/m1/s1.